The summed E-state index contributed by atoms with van der Waals surface area (Å²) in [5, 5.41) is 0. The summed E-state index contributed by atoms with van der Waals surface area (Å²) < 4.78 is 5.84. The lowest BCUT2D eigenvalue weighted by molar-refractivity contribution is 0.0821. The number of carbonyl (C=O) groups is 1. The molecule has 0 spiro atoms. The molecule has 1 aliphatic carbocycles. The molecule has 2 N–H and O–H groups in total. The molecule has 0 saturated heterocycles. The minimum atomic E-state index is -0.245. The third-order valence-corrected chi connectivity index (χ3v) is 3.98. The van der Waals surface area contributed by atoms with Gasteiger partial charge < -0.3 is 15.4 Å². The number of amides is 1. The molecule has 2 rings (SSSR count). The van der Waals surface area contributed by atoms with Crippen LogP contribution >= 0.6 is 0 Å². The second-order valence-electron chi connectivity index (χ2n) is 6.14. The molecule has 1 amide bonds. The molecule has 1 heterocycles. The van der Waals surface area contributed by atoms with Crippen LogP contribution in [0.5, 0.6) is 5.75 Å². The van der Waals surface area contributed by atoms with E-state index in [4.69, 9.17) is 10.5 Å². The maximum Gasteiger partial charge on any atom is 0.272 e. The minimum absolute atomic E-state index is 0.127. The van der Waals surface area contributed by atoms with Gasteiger partial charge in [-0.3, -0.25) is 9.78 Å². The highest BCUT2D eigenvalue weighted by Gasteiger charge is 2.27. The number of pyridine rings is 1. The number of ether oxygens (including phenoxy) is 1. The summed E-state index contributed by atoms with van der Waals surface area (Å²) in [6, 6.07) is 3.45. The first-order chi connectivity index (χ1) is 10.0. The first-order valence-electron chi connectivity index (χ1n) is 7.60. The largest absolute Gasteiger partial charge is 0.492 e. The summed E-state index contributed by atoms with van der Waals surface area (Å²) in [7, 11) is 3.41. The molecule has 1 saturated carbocycles. The summed E-state index contributed by atoms with van der Waals surface area (Å²) in [6.07, 6.45) is 8.46. The molecule has 0 bridgehead atoms. The van der Waals surface area contributed by atoms with Gasteiger partial charge in [0.25, 0.3) is 5.91 Å². The van der Waals surface area contributed by atoms with Gasteiger partial charge in [-0.05, 0) is 18.9 Å². The van der Waals surface area contributed by atoms with Gasteiger partial charge in [0.1, 0.15) is 18.1 Å². The maximum absolute atomic E-state index is 11.9. The van der Waals surface area contributed by atoms with Crippen molar-refractivity contribution in [1.29, 1.82) is 0 Å². The first-order valence-corrected chi connectivity index (χ1v) is 7.60. The SMILES string of the molecule is CN(C)C(=O)c1cc(OCC2(N)CCCCCC2)ccn1. The van der Waals surface area contributed by atoms with E-state index in [-0.39, 0.29) is 11.4 Å². The van der Waals surface area contributed by atoms with E-state index in [1.54, 1.807) is 32.4 Å². The molecule has 0 aromatic carbocycles. The Labute approximate surface area is 126 Å². The van der Waals surface area contributed by atoms with Crippen LogP contribution in [-0.2, 0) is 0 Å². The van der Waals surface area contributed by atoms with Crippen LogP contribution in [0.2, 0.25) is 0 Å². The zero-order valence-corrected chi connectivity index (χ0v) is 13.0. The summed E-state index contributed by atoms with van der Waals surface area (Å²) in [4.78, 5) is 17.5. The summed E-state index contributed by atoms with van der Waals surface area (Å²) in [5.74, 6) is 0.529. The molecule has 1 aromatic heterocycles. The molecule has 0 radical (unpaired) electrons. The molecule has 1 aromatic rings. The molecular formula is C16H25N3O2. The highest BCUT2D eigenvalue weighted by atomic mass is 16.5. The standard InChI is InChI=1S/C16H25N3O2/c1-19(2)15(20)14-11-13(7-10-18-14)21-12-16(17)8-5-3-4-6-9-16/h7,10-11H,3-6,8-9,12,17H2,1-2H3. The Bertz CT molecular complexity index is 480. The van der Waals surface area contributed by atoms with Gasteiger partial charge in [0, 0.05) is 26.4 Å². The number of hydrogen-bond donors (Lipinski definition) is 1. The zero-order valence-electron chi connectivity index (χ0n) is 13.0. The number of nitrogens with two attached hydrogens (primary N) is 1. The van der Waals surface area contributed by atoms with Gasteiger partial charge in [-0.25, -0.2) is 0 Å². The van der Waals surface area contributed by atoms with Gasteiger partial charge >= 0.3 is 0 Å². The fourth-order valence-electron chi connectivity index (χ4n) is 2.65. The monoisotopic (exact) mass is 291 g/mol. The van der Waals surface area contributed by atoms with Crippen molar-refractivity contribution in [3.05, 3.63) is 24.0 Å². The summed E-state index contributed by atoms with van der Waals surface area (Å²) >= 11 is 0. The minimum Gasteiger partial charge on any atom is -0.492 e. The number of hydrogen-bond acceptors (Lipinski definition) is 4. The van der Waals surface area contributed by atoms with Crippen molar-refractivity contribution in [1.82, 2.24) is 9.88 Å². The van der Waals surface area contributed by atoms with Crippen LogP contribution in [0.15, 0.2) is 18.3 Å². The van der Waals surface area contributed by atoms with E-state index in [1.165, 1.54) is 30.6 Å². The highest BCUT2D eigenvalue weighted by molar-refractivity contribution is 5.92. The van der Waals surface area contributed by atoms with Crippen molar-refractivity contribution >= 4 is 5.91 Å². The Morgan fingerprint density at radius 2 is 2.00 bits per heavy atom. The average Bonchev–Trinajstić information content (AvgIpc) is 2.70. The van der Waals surface area contributed by atoms with Crippen LogP contribution < -0.4 is 10.5 Å². The molecule has 5 nitrogen and oxygen atoms in total. The average molecular weight is 291 g/mol. The van der Waals surface area contributed by atoms with Crippen LogP contribution in [0.3, 0.4) is 0 Å². The third kappa shape index (κ3) is 4.43. The normalized spacial score (nSPS) is 17.9. The molecule has 0 atom stereocenters. The molecule has 5 heteroatoms. The van der Waals surface area contributed by atoms with Gasteiger partial charge in [0.05, 0.1) is 5.54 Å². The quantitative estimate of drug-likeness (QED) is 0.864. The number of nitrogens with zero attached hydrogens (tertiary/aromatic N) is 2. The van der Waals surface area contributed by atoms with E-state index in [1.807, 2.05) is 0 Å². The predicted octanol–water partition coefficient (Wildman–Crippen LogP) is 2.21. The lowest BCUT2D eigenvalue weighted by Gasteiger charge is -2.27. The van der Waals surface area contributed by atoms with Gasteiger partial charge in [-0.15, -0.1) is 0 Å². The van der Waals surface area contributed by atoms with E-state index < -0.39 is 0 Å². The van der Waals surface area contributed by atoms with E-state index in [2.05, 4.69) is 4.98 Å². The number of aromatic nitrogens is 1. The Morgan fingerprint density at radius 3 is 2.62 bits per heavy atom. The molecule has 1 fully saturated rings. The first kappa shape index (κ1) is 15.8. The second kappa shape index (κ2) is 6.89. The van der Waals surface area contributed by atoms with Crippen molar-refractivity contribution in [2.45, 2.75) is 44.1 Å². The Balaban J connectivity index is 1.99. The van der Waals surface area contributed by atoms with Crippen molar-refractivity contribution < 1.29 is 9.53 Å². The highest BCUT2D eigenvalue weighted by Crippen LogP contribution is 2.26. The van der Waals surface area contributed by atoms with Crippen LogP contribution in [0, 0.1) is 0 Å². The van der Waals surface area contributed by atoms with E-state index in [0.717, 1.165) is 12.8 Å². The van der Waals surface area contributed by atoms with Gasteiger partial charge in [-0.2, -0.15) is 0 Å². The van der Waals surface area contributed by atoms with Gasteiger partial charge in [-0.1, -0.05) is 25.7 Å². The van der Waals surface area contributed by atoms with E-state index in [0.29, 0.717) is 18.1 Å². The van der Waals surface area contributed by atoms with Crippen LogP contribution in [-0.4, -0.2) is 42.0 Å². The topological polar surface area (TPSA) is 68.5 Å². The van der Waals surface area contributed by atoms with E-state index >= 15 is 0 Å². The lowest BCUT2D eigenvalue weighted by Crippen LogP contribution is -2.45. The zero-order chi connectivity index (χ0) is 15.3. The van der Waals surface area contributed by atoms with Crippen LogP contribution in [0.4, 0.5) is 0 Å². The Morgan fingerprint density at radius 1 is 1.33 bits per heavy atom. The van der Waals surface area contributed by atoms with Gasteiger partial charge in [0.15, 0.2) is 0 Å². The number of carbonyl (C=O) groups excluding carboxylic acids is 1. The maximum atomic E-state index is 11.9. The fourth-order valence-corrected chi connectivity index (χ4v) is 2.65. The summed E-state index contributed by atoms with van der Waals surface area (Å²) in [6.45, 7) is 0.493. The van der Waals surface area contributed by atoms with Crippen molar-refractivity contribution in [3.8, 4) is 5.75 Å². The van der Waals surface area contributed by atoms with Crippen LogP contribution in [0.25, 0.3) is 0 Å². The van der Waals surface area contributed by atoms with Crippen molar-refractivity contribution in [2.24, 2.45) is 5.73 Å². The molecular weight excluding hydrogens is 266 g/mol. The van der Waals surface area contributed by atoms with Gasteiger partial charge in [0.2, 0.25) is 0 Å². The fraction of sp³-hybridized carbons (Fsp3) is 0.625. The summed E-state index contributed by atoms with van der Waals surface area (Å²) in [5.41, 5.74) is 6.59. The lowest BCUT2D eigenvalue weighted by atomic mass is 9.92. The van der Waals surface area contributed by atoms with Crippen molar-refractivity contribution in [3.63, 3.8) is 0 Å². The Hall–Kier alpha value is -1.62. The predicted molar refractivity (Wildman–Crippen MR) is 82.4 cm³/mol. The molecule has 1 aliphatic rings. The molecule has 0 unspecified atom stereocenters. The van der Waals surface area contributed by atoms with E-state index in [9.17, 15) is 4.79 Å². The Kier molecular flexibility index (Phi) is 5.17. The molecule has 21 heavy (non-hydrogen) atoms. The molecule has 0 aliphatic heterocycles. The third-order valence-electron chi connectivity index (χ3n) is 3.98. The van der Waals surface area contributed by atoms with Crippen LogP contribution in [0.1, 0.15) is 49.0 Å². The second-order valence-corrected chi connectivity index (χ2v) is 6.14. The van der Waals surface area contributed by atoms with Crippen molar-refractivity contribution in [2.75, 3.05) is 20.7 Å². The number of rotatable bonds is 4. The smallest absolute Gasteiger partial charge is 0.272 e. The molecule has 116 valence electrons.